The molecule has 1 heterocycles. The minimum Gasteiger partial charge on any atom is -0.307 e. The van der Waals surface area contributed by atoms with Crippen LogP contribution in [0.2, 0.25) is 0 Å². The third kappa shape index (κ3) is 3.54. The maximum Gasteiger partial charge on any atom is 0.304 e. The molecule has 1 atom stereocenters. The molecule has 0 radical (unpaired) electrons. The zero-order valence-corrected chi connectivity index (χ0v) is 16.3. The summed E-state index contributed by atoms with van der Waals surface area (Å²) in [5.74, 6) is -1.10. The lowest BCUT2D eigenvalue weighted by Gasteiger charge is -2.30. The van der Waals surface area contributed by atoms with Gasteiger partial charge in [0.2, 0.25) is 5.91 Å². The number of carbonyl (C=O) groups is 1. The number of rotatable bonds is 5. The van der Waals surface area contributed by atoms with Crippen LogP contribution in [-0.2, 0) is 21.4 Å². The number of carbonyl (C=O) groups excluding carboxylic acids is 1. The maximum atomic E-state index is 14.3. The number of fused-ring (bicyclic) bond motifs is 1. The van der Waals surface area contributed by atoms with E-state index in [1.807, 2.05) is 31.2 Å². The highest BCUT2D eigenvalue weighted by Gasteiger charge is 2.35. The lowest BCUT2D eigenvalue weighted by Crippen LogP contribution is -2.48. The van der Waals surface area contributed by atoms with Crippen molar-refractivity contribution in [3.63, 3.8) is 0 Å². The second-order valence-electron chi connectivity index (χ2n) is 6.69. The second kappa shape index (κ2) is 7.28. The molecule has 6 nitrogen and oxygen atoms in total. The Morgan fingerprint density at radius 1 is 1.15 bits per heavy atom. The summed E-state index contributed by atoms with van der Waals surface area (Å²) in [4.78, 5) is 14.7. The highest BCUT2D eigenvalue weighted by atomic mass is 32.2. The maximum absolute atomic E-state index is 14.3. The van der Waals surface area contributed by atoms with Crippen molar-refractivity contribution in [3.8, 4) is 0 Å². The lowest BCUT2D eigenvalue weighted by molar-refractivity contribution is -0.117. The SMILES string of the molecule is CC1Cc2ccccc2N1C(=O)CN(c1ccccc1F)S(=O)(=O)N(C)C. The Balaban J connectivity index is 1.98. The molecule has 2 aromatic carbocycles. The molecule has 8 heteroatoms. The second-order valence-corrected chi connectivity index (χ2v) is 8.76. The number of benzene rings is 2. The molecule has 0 saturated carbocycles. The summed E-state index contributed by atoms with van der Waals surface area (Å²) in [5, 5.41) is 0. The van der Waals surface area contributed by atoms with Crippen molar-refractivity contribution >= 4 is 27.5 Å². The van der Waals surface area contributed by atoms with E-state index in [2.05, 4.69) is 0 Å². The van der Waals surface area contributed by atoms with Crippen molar-refractivity contribution in [2.24, 2.45) is 0 Å². The van der Waals surface area contributed by atoms with E-state index >= 15 is 0 Å². The first-order valence-corrected chi connectivity index (χ1v) is 9.98. The Morgan fingerprint density at radius 3 is 2.44 bits per heavy atom. The molecule has 1 aliphatic rings. The molecular formula is C19H22FN3O3S. The van der Waals surface area contributed by atoms with Gasteiger partial charge in [0, 0.05) is 25.8 Å². The van der Waals surface area contributed by atoms with Crippen LogP contribution in [-0.4, -0.2) is 45.3 Å². The monoisotopic (exact) mass is 391 g/mol. The Kier molecular flexibility index (Phi) is 5.21. The summed E-state index contributed by atoms with van der Waals surface area (Å²) < 4.78 is 41.7. The molecule has 3 rings (SSSR count). The van der Waals surface area contributed by atoms with E-state index in [1.165, 1.54) is 38.4 Å². The molecule has 0 saturated heterocycles. The predicted octanol–water partition coefficient (Wildman–Crippen LogP) is 2.42. The highest BCUT2D eigenvalue weighted by molar-refractivity contribution is 7.90. The van der Waals surface area contributed by atoms with Crippen LogP contribution in [0, 0.1) is 5.82 Å². The van der Waals surface area contributed by atoms with Gasteiger partial charge in [0.05, 0.1) is 5.69 Å². The summed E-state index contributed by atoms with van der Waals surface area (Å²) in [6.07, 6.45) is 0.696. The van der Waals surface area contributed by atoms with Crippen LogP contribution in [0.4, 0.5) is 15.8 Å². The van der Waals surface area contributed by atoms with Crippen LogP contribution in [0.15, 0.2) is 48.5 Å². The van der Waals surface area contributed by atoms with E-state index in [9.17, 15) is 17.6 Å². The summed E-state index contributed by atoms with van der Waals surface area (Å²) in [5.41, 5.74) is 1.65. The van der Waals surface area contributed by atoms with Gasteiger partial charge in [0.25, 0.3) is 0 Å². The molecule has 144 valence electrons. The van der Waals surface area contributed by atoms with Gasteiger partial charge in [-0.1, -0.05) is 30.3 Å². The summed E-state index contributed by atoms with van der Waals surface area (Å²) >= 11 is 0. The molecule has 0 aromatic heterocycles. The van der Waals surface area contributed by atoms with Crippen molar-refractivity contribution in [1.82, 2.24) is 4.31 Å². The van der Waals surface area contributed by atoms with Gasteiger partial charge in [-0.25, -0.2) is 8.70 Å². The van der Waals surface area contributed by atoms with Gasteiger partial charge in [-0.3, -0.25) is 4.79 Å². The van der Waals surface area contributed by atoms with Crippen molar-refractivity contribution in [2.45, 2.75) is 19.4 Å². The quantitative estimate of drug-likeness (QED) is 0.786. The third-order valence-corrected chi connectivity index (χ3v) is 6.42. The summed E-state index contributed by atoms with van der Waals surface area (Å²) in [7, 11) is -1.36. The van der Waals surface area contributed by atoms with E-state index in [0.29, 0.717) is 6.42 Å². The number of hydrogen-bond acceptors (Lipinski definition) is 3. The molecular weight excluding hydrogens is 369 g/mol. The van der Waals surface area contributed by atoms with Gasteiger partial charge in [-0.15, -0.1) is 0 Å². The third-order valence-electron chi connectivity index (χ3n) is 4.62. The molecule has 0 fully saturated rings. The number of amides is 1. The predicted molar refractivity (Wildman–Crippen MR) is 103 cm³/mol. The normalized spacial score (nSPS) is 16.5. The molecule has 0 bridgehead atoms. The van der Waals surface area contributed by atoms with Crippen molar-refractivity contribution < 1.29 is 17.6 Å². The van der Waals surface area contributed by atoms with Crippen LogP contribution >= 0.6 is 0 Å². The average Bonchev–Trinajstić information content (AvgIpc) is 2.95. The zero-order chi connectivity index (χ0) is 19.8. The minimum atomic E-state index is -4.05. The zero-order valence-electron chi connectivity index (χ0n) is 15.5. The van der Waals surface area contributed by atoms with Crippen LogP contribution in [0.1, 0.15) is 12.5 Å². The van der Waals surface area contributed by atoms with Crippen LogP contribution < -0.4 is 9.21 Å². The van der Waals surface area contributed by atoms with Gasteiger partial charge < -0.3 is 4.90 Å². The Morgan fingerprint density at radius 2 is 1.78 bits per heavy atom. The van der Waals surface area contributed by atoms with E-state index in [-0.39, 0.29) is 11.7 Å². The molecule has 0 aliphatic carbocycles. The van der Waals surface area contributed by atoms with Crippen LogP contribution in [0.3, 0.4) is 0 Å². The average molecular weight is 391 g/mol. The van der Waals surface area contributed by atoms with Gasteiger partial charge in [0.15, 0.2) is 0 Å². The smallest absolute Gasteiger partial charge is 0.304 e. The fourth-order valence-electron chi connectivity index (χ4n) is 3.29. The minimum absolute atomic E-state index is 0.0977. The standard InChI is InChI=1S/C19H22FN3O3S/c1-14-12-15-8-4-6-10-17(15)23(14)19(24)13-22(27(25,26)21(2)3)18-11-7-5-9-16(18)20/h4-11,14H,12-13H2,1-3H3. The molecule has 1 aliphatic heterocycles. The molecule has 27 heavy (non-hydrogen) atoms. The highest BCUT2D eigenvalue weighted by Crippen LogP contribution is 2.32. The van der Waals surface area contributed by atoms with Gasteiger partial charge in [-0.05, 0) is 37.1 Å². The van der Waals surface area contributed by atoms with E-state index in [0.717, 1.165) is 19.9 Å². The van der Waals surface area contributed by atoms with E-state index in [1.54, 1.807) is 4.90 Å². The fourth-order valence-corrected chi connectivity index (χ4v) is 4.35. The molecule has 1 amide bonds. The first-order chi connectivity index (χ1) is 12.7. The van der Waals surface area contributed by atoms with Crippen LogP contribution in [0.25, 0.3) is 0 Å². The molecule has 0 N–H and O–H groups in total. The molecule has 0 spiro atoms. The van der Waals surface area contributed by atoms with Gasteiger partial charge in [0.1, 0.15) is 12.4 Å². The Bertz CT molecular complexity index is 962. The van der Waals surface area contributed by atoms with Crippen molar-refractivity contribution in [3.05, 3.63) is 59.9 Å². The number of para-hydroxylation sites is 2. The Labute approximate surface area is 159 Å². The van der Waals surface area contributed by atoms with Crippen molar-refractivity contribution in [1.29, 1.82) is 0 Å². The van der Waals surface area contributed by atoms with Crippen molar-refractivity contribution in [2.75, 3.05) is 29.8 Å². The lowest BCUT2D eigenvalue weighted by atomic mass is 10.1. The number of hydrogen-bond donors (Lipinski definition) is 0. The Hall–Kier alpha value is -2.45. The summed E-state index contributed by atoms with van der Waals surface area (Å²) in [6.45, 7) is 1.42. The van der Waals surface area contributed by atoms with Crippen LogP contribution in [0.5, 0.6) is 0 Å². The largest absolute Gasteiger partial charge is 0.307 e. The number of nitrogens with zero attached hydrogens (tertiary/aromatic N) is 3. The first-order valence-electron chi connectivity index (χ1n) is 8.58. The molecule has 1 unspecified atom stereocenters. The van der Waals surface area contributed by atoms with E-state index in [4.69, 9.17) is 0 Å². The number of anilines is 2. The van der Waals surface area contributed by atoms with Gasteiger partial charge >= 0.3 is 10.2 Å². The molecule has 2 aromatic rings. The van der Waals surface area contributed by atoms with E-state index < -0.39 is 28.5 Å². The first kappa shape index (κ1) is 19.3. The summed E-state index contributed by atoms with van der Waals surface area (Å²) in [6, 6.07) is 13.0. The fraction of sp³-hybridized carbons (Fsp3) is 0.316. The topological polar surface area (TPSA) is 60.9 Å². The number of halogens is 1. The van der Waals surface area contributed by atoms with Gasteiger partial charge in [-0.2, -0.15) is 12.7 Å².